The molecule has 1 amide bonds. The number of hydrogen-bond donors (Lipinski definition) is 2. The summed E-state index contributed by atoms with van der Waals surface area (Å²) in [6, 6.07) is 5.49. The third-order valence-corrected chi connectivity index (χ3v) is 3.22. The number of carbonyl (C=O) groups excluding carboxylic acids is 1. The van der Waals surface area contributed by atoms with E-state index in [4.69, 9.17) is 5.11 Å². The number of rotatable bonds is 5. The molecule has 1 aromatic carbocycles. The first kappa shape index (κ1) is 14.7. The van der Waals surface area contributed by atoms with E-state index in [0.29, 0.717) is 18.5 Å². The molecule has 0 aromatic heterocycles. The van der Waals surface area contributed by atoms with Crippen molar-refractivity contribution < 1.29 is 14.7 Å². The average Bonchev–Trinajstić information content (AvgIpc) is 2.31. The molecule has 0 bridgehead atoms. The summed E-state index contributed by atoms with van der Waals surface area (Å²) in [5.74, 6) is -1.47. The minimum Gasteiger partial charge on any atom is -0.481 e. The van der Waals surface area contributed by atoms with Crippen LogP contribution in [0.15, 0.2) is 22.7 Å². The van der Waals surface area contributed by atoms with Gasteiger partial charge in [0.25, 0.3) is 5.91 Å². The Morgan fingerprint density at radius 2 is 2.11 bits per heavy atom. The lowest BCUT2D eigenvalue weighted by Crippen LogP contribution is -2.27. The van der Waals surface area contributed by atoms with Crippen LogP contribution in [-0.4, -0.2) is 23.5 Å². The Balaban J connectivity index is 2.55. The van der Waals surface area contributed by atoms with Gasteiger partial charge in [0.05, 0.1) is 5.92 Å². The largest absolute Gasteiger partial charge is 0.481 e. The maximum Gasteiger partial charge on any atom is 0.306 e. The van der Waals surface area contributed by atoms with Crippen LogP contribution in [0.3, 0.4) is 0 Å². The van der Waals surface area contributed by atoms with Crippen molar-refractivity contribution in [2.24, 2.45) is 5.92 Å². The Morgan fingerprint density at radius 3 is 2.72 bits per heavy atom. The van der Waals surface area contributed by atoms with Gasteiger partial charge < -0.3 is 10.4 Å². The number of aryl methyl sites for hydroxylation is 1. The monoisotopic (exact) mass is 313 g/mol. The number of halogens is 1. The van der Waals surface area contributed by atoms with Crippen LogP contribution in [0.5, 0.6) is 0 Å². The molecule has 1 unspecified atom stereocenters. The number of aliphatic carboxylic acids is 1. The standard InChI is InChI=1S/C13H16BrNO3/c1-8-3-4-10(14)7-11(8)12(16)15-6-5-9(2)13(17)18/h3-4,7,9H,5-6H2,1-2H3,(H,15,16)(H,17,18). The van der Waals surface area contributed by atoms with E-state index in [1.54, 1.807) is 13.0 Å². The van der Waals surface area contributed by atoms with Gasteiger partial charge in [-0.2, -0.15) is 0 Å². The lowest BCUT2D eigenvalue weighted by Gasteiger charge is -2.09. The highest BCUT2D eigenvalue weighted by atomic mass is 79.9. The molecule has 2 N–H and O–H groups in total. The van der Waals surface area contributed by atoms with E-state index in [0.717, 1.165) is 10.0 Å². The highest BCUT2D eigenvalue weighted by Gasteiger charge is 2.12. The number of carboxylic acid groups (broad SMARTS) is 1. The van der Waals surface area contributed by atoms with Crippen LogP contribution in [0.25, 0.3) is 0 Å². The van der Waals surface area contributed by atoms with E-state index in [9.17, 15) is 9.59 Å². The van der Waals surface area contributed by atoms with Crippen molar-refractivity contribution in [1.82, 2.24) is 5.32 Å². The zero-order valence-corrected chi connectivity index (χ0v) is 12.0. The van der Waals surface area contributed by atoms with Gasteiger partial charge in [-0.15, -0.1) is 0 Å². The summed E-state index contributed by atoms with van der Waals surface area (Å²) in [5, 5.41) is 11.5. The molecule has 0 fully saturated rings. The summed E-state index contributed by atoms with van der Waals surface area (Å²) >= 11 is 3.32. The molecule has 5 heteroatoms. The van der Waals surface area contributed by atoms with E-state index < -0.39 is 11.9 Å². The third-order valence-electron chi connectivity index (χ3n) is 2.73. The van der Waals surface area contributed by atoms with Crippen LogP contribution < -0.4 is 5.32 Å². The molecule has 0 heterocycles. The maximum absolute atomic E-state index is 11.9. The number of carbonyl (C=O) groups is 2. The quantitative estimate of drug-likeness (QED) is 0.878. The van der Waals surface area contributed by atoms with Crippen molar-refractivity contribution in [3.05, 3.63) is 33.8 Å². The predicted octanol–water partition coefficient (Wildman–Crippen LogP) is 2.60. The Morgan fingerprint density at radius 1 is 1.44 bits per heavy atom. The second kappa shape index (κ2) is 6.54. The highest BCUT2D eigenvalue weighted by molar-refractivity contribution is 9.10. The van der Waals surface area contributed by atoms with Crippen molar-refractivity contribution in [2.75, 3.05) is 6.54 Å². The van der Waals surface area contributed by atoms with E-state index in [-0.39, 0.29) is 5.91 Å². The lowest BCUT2D eigenvalue weighted by molar-refractivity contribution is -0.141. The normalized spacial score (nSPS) is 11.9. The fourth-order valence-electron chi connectivity index (χ4n) is 1.46. The maximum atomic E-state index is 11.9. The van der Waals surface area contributed by atoms with Crippen LogP contribution in [0.1, 0.15) is 29.3 Å². The van der Waals surface area contributed by atoms with Crippen LogP contribution in [-0.2, 0) is 4.79 Å². The molecular formula is C13H16BrNO3. The minimum absolute atomic E-state index is 0.175. The van der Waals surface area contributed by atoms with Gasteiger partial charge in [0.1, 0.15) is 0 Å². The molecule has 0 aliphatic heterocycles. The summed E-state index contributed by atoms with van der Waals surface area (Å²) < 4.78 is 0.845. The van der Waals surface area contributed by atoms with Gasteiger partial charge in [-0.25, -0.2) is 0 Å². The van der Waals surface area contributed by atoms with Gasteiger partial charge in [-0.05, 0) is 31.0 Å². The van der Waals surface area contributed by atoms with Crippen LogP contribution in [0.2, 0.25) is 0 Å². The summed E-state index contributed by atoms with van der Waals surface area (Å²) in [6.07, 6.45) is 0.425. The Hall–Kier alpha value is -1.36. The summed E-state index contributed by atoms with van der Waals surface area (Å²) in [4.78, 5) is 22.5. The van der Waals surface area contributed by atoms with Crippen molar-refractivity contribution in [3.8, 4) is 0 Å². The van der Waals surface area contributed by atoms with E-state index in [1.807, 2.05) is 19.1 Å². The Bertz CT molecular complexity index is 460. The molecule has 0 saturated carbocycles. The second-order valence-corrected chi connectivity index (χ2v) is 5.16. The molecule has 0 radical (unpaired) electrons. The number of nitrogens with one attached hydrogen (secondary N) is 1. The number of carboxylic acids is 1. The molecule has 0 aliphatic carbocycles. The third kappa shape index (κ3) is 4.14. The first-order chi connectivity index (χ1) is 8.41. The molecule has 0 aliphatic rings. The van der Waals surface area contributed by atoms with Crippen molar-refractivity contribution in [2.45, 2.75) is 20.3 Å². The lowest BCUT2D eigenvalue weighted by atomic mass is 10.1. The molecule has 98 valence electrons. The van der Waals surface area contributed by atoms with Gasteiger partial charge in [-0.1, -0.05) is 28.9 Å². The topological polar surface area (TPSA) is 66.4 Å². The number of hydrogen-bond acceptors (Lipinski definition) is 2. The second-order valence-electron chi connectivity index (χ2n) is 4.24. The molecule has 4 nitrogen and oxygen atoms in total. The van der Waals surface area contributed by atoms with E-state index >= 15 is 0 Å². The summed E-state index contributed by atoms with van der Waals surface area (Å²) in [7, 11) is 0. The number of benzene rings is 1. The van der Waals surface area contributed by atoms with Gasteiger partial charge >= 0.3 is 5.97 Å². The molecule has 18 heavy (non-hydrogen) atoms. The molecular weight excluding hydrogens is 298 g/mol. The zero-order valence-electron chi connectivity index (χ0n) is 10.4. The van der Waals surface area contributed by atoms with Gasteiger partial charge in [0.2, 0.25) is 0 Å². The summed E-state index contributed by atoms with van der Waals surface area (Å²) in [6.45, 7) is 3.85. The Kier molecular flexibility index (Phi) is 5.34. The first-order valence-corrected chi connectivity index (χ1v) is 6.48. The smallest absolute Gasteiger partial charge is 0.306 e. The summed E-state index contributed by atoms with van der Waals surface area (Å²) in [5.41, 5.74) is 1.49. The van der Waals surface area contributed by atoms with Crippen LogP contribution in [0, 0.1) is 12.8 Å². The van der Waals surface area contributed by atoms with Crippen molar-refractivity contribution in [3.63, 3.8) is 0 Å². The minimum atomic E-state index is -0.845. The van der Waals surface area contributed by atoms with Crippen molar-refractivity contribution in [1.29, 1.82) is 0 Å². The predicted molar refractivity (Wildman–Crippen MR) is 72.6 cm³/mol. The number of amides is 1. The molecule has 1 aromatic rings. The molecule has 0 saturated heterocycles. The molecule has 1 atom stereocenters. The highest BCUT2D eigenvalue weighted by Crippen LogP contribution is 2.15. The van der Waals surface area contributed by atoms with E-state index in [2.05, 4.69) is 21.2 Å². The molecule has 0 spiro atoms. The van der Waals surface area contributed by atoms with Gasteiger partial charge in [0, 0.05) is 16.6 Å². The van der Waals surface area contributed by atoms with Gasteiger partial charge in [0.15, 0.2) is 0 Å². The first-order valence-electron chi connectivity index (χ1n) is 5.69. The van der Waals surface area contributed by atoms with Crippen molar-refractivity contribution >= 4 is 27.8 Å². The zero-order chi connectivity index (χ0) is 13.7. The van der Waals surface area contributed by atoms with Crippen LogP contribution >= 0.6 is 15.9 Å². The van der Waals surface area contributed by atoms with Crippen LogP contribution in [0.4, 0.5) is 0 Å². The Labute approximate surface area is 115 Å². The SMILES string of the molecule is Cc1ccc(Br)cc1C(=O)NCCC(C)C(=O)O. The average molecular weight is 314 g/mol. The van der Waals surface area contributed by atoms with E-state index in [1.165, 1.54) is 0 Å². The van der Waals surface area contributed by atoms with Gasteiger partial charge in [-0.3, -0.25) is 9.59 Å². The fourth-order valence-corrected chi connectivity index (χ4v) is 1.82. The fraction of sp³-hybridized carbons (Fsp3) is 0.385. The molecule has 1 rings (SSSR count).